The van der Waals surface area contributed by atoms with Gasteiger partial charge >= 0.3 is 5.97 Å². The molecule has 31 heavy (non-hydrogen) atoms. The molecule has 0 aliphatic rings. The van der Waals surface area contributed by atoms with Crippen molar-refractivity contribution in [1.82, 2.24) is 25.9 Å². The zero-order valence-electron chi connectivity index (χ0n) is 17.4. The van der Waals surface area contributed by atoms with Crippen molar-refractivity contribution < 1.29 is 29.1 Å². The Morgan fingerprint density at radius 1 is 1.13 bits per heavy atom. The number of aromatic amines is 1. The first-order valence-electron chi connectivity index (χ1n) is 9.62. The van der Waals surface area contributed by atoms with Crippen LogP contribution < -0.4 is 27.4 Å². The van der Waals surface area contributed by atoms with E-state index in [1.54, 1.807) is 13.8 Å². The molecule has 9 N–H and O–H groups in total. The topological polar surface area (TPSA) is 222 Å². The lowest BCUT2D eigenvalue weighted by molar-refractivity contribution is -0.138. The molecule has 1 heterocycles. The van der Waals surface area contributed by atoms with Gasteiger partial charge in [0.1, 0.15) is 18.6 Å². The summed E-state index contributed by atoms with van der Waals surface area (Å²) in [6, 6.07) is -3.18. The van der Waals surface area contributed by atoms with Crippen molar-refractivity contribution in [2.75, 3.05) is 6.54 Å². The van der Waals surface area contributed by atoms with Gasteiger partial charge in [-0.3, -0.25) is 24.0 Å². The largest absolute Gasteiger partial charge is 0.480 e. The molecule has 13 nitrogen and oxygen atoms in total. The van der Waals surface area contributed by atoms with E-state index >= 15 is 0 Å². The zero-order chi connectivity index (χ0) is 23.6. The van der Waals surface area contributed by atoms with Crippen LogP contribution in [-0.4, -0.2) is 69.3 Å². The number of nitrogens with zero attached hydrogens (tertiary/aromatic N) is 1. The third-order valence-electron chi connectivity index (χ3n) is 4.30. The van der Waals surface area contributed by atoms with Crippen LogP contribution in [0, 0.1) is 5.92 Å². The normalized spacial score (nSPS) is 13.7. The number of imidazole rings is 1. The molecule has 0 radical (unpaired) electrons. The molecule has 0 spiro atoms. The molecule has 4 amide bonds. The number of aliphatic carboxylic acids is 1. The lowest BCUT2D eigenvalue weighted by Crippen LogP contribution is -2.57. The Morgan fingerprint density at radius 3 is 2.32 bits per heavy atom. The maximum Gasteiger partial charge on any atom is 0.322 e. The fourth-order valence-electron chi connectivity index (χ4n) is 2.62. The summed E-state index contributed by atoms with van der Waals surface area (Å²) in [6.07, 6.45) is 2.81. The number of nitrogens with one attached hydrogen (secondary N) is 4. The number of primary amides is 1. The average Bonchev–Trinajstić information content (AvgIpc) is 3.19. The van der Waals surface area contributed by atoms with Crippen molar-refractivity contribution in [3.8, 4) is 0 Å². The highest BCUT2D eigenvalue weighted by atomic mass is 16.4. The predicted octanol–water partition coefficient (Wildman–Crippen LogP) is -2.63. The highest BCUT2D eigenvalue weighted by Gasteiger charge is 2.30. The minimum absolute atomic E-state index is 0.134. The van der Waals surface area contributed by atoms with Gasteiger partial charge < -0.3 is 37.5 Å². The number of carboxylic acids is 1. The van der Waals surface area contributed by atoms with Crippen molar-refractivity contribution in [3.63, 3.8) is 0 Å². The Balaban J connectivity index is 2.81. The van der Waals surface area contributed by atoms with Crippen LogP contribution in [0.25, 0.3) is 0 Å². The van der Waals surface area contributed by atoms with E-state index in [1.165, 1.54) is 12.5 Å². The highest BCUT2D eigenvalue weighted by molar-refractivity contribution is 5.94. The second-order valence-corrected chi connectivity index (χ2v) is 7.30. The van der Waals surface area contributed by atoms with E-state index in [2.05, 4.69) is 25.9 Å². The monoisotopic (exact) mass is 439 g/mol. The Bertz CT molecular complexity index is 780. The van der Waals surface area contributed by atoms with E-state index in [1.807, 2.05) is 0 Å². The van der Waals surface area contributed by atoms with E-state index in [4.69, 9.17) is 16.6 Å². The SMILES string of the molecule is CC(C)C(NC(=O)C(N)Cc1cnc[nH]1)C(=O)NC(CCC(N)=O)C(=O)NCC(=O)O. The maximum absolute atomic E-state index is 12.8. The lowest BCUT2D eigenvalue weighted by Gasteiger charge is -2.26. The molecule has 0 aliphatic carbocycles. The third kappa shape index (κ3) is 9.25. The maximum atomic E-state index is 12.8. The standard InChI is InChI=1S/C18H29N7O6/c1-9(2)15(25-16(29)11(19)5-10-6-21-8-23-10)18(31)24-12(3-4-13(20)26)17(30)22-7-14(27)28/h6,8-9,11-12,15H,3-5,7,19H2,1-2H3,(H2,20,26)(H,21,23)(H,22,30)(H,24,31)(H,25,29)(H,27,28). The fourth-order valence-corrected chi connectivity index (χ4v) is 2.62. The second kappa shape index (κ2) is 12.3. The molecule has 3 atom stereocenters. The quantitative estimate of drug-likeness (QED) is 0.172. The molecule has 1 aromatic rings. The zero-order valence-corrected chi connectivity index (χ0v) is 17.4. The first-order chi connectivity index (χ1) is 14.5. The van der Waals surface area contributed by atoms with Crippen LogP contribution in [0.1, 0.15) is 32.4 Å². The Labute approximate surface area is 178 Å². The van der Waals surface area contributed by atoms with Crippen LogP contribution >= 0.6 is 0 Å². The van der Waals surface area contributed by atoms with Gasteiger partial charge in [0.05, 0.1) is 12.4 Å². The minimum Gasteiger partial charge on any atom is -0.480 e. The number of carbonyl (C=O) groups is 5. The van der Waals surface area contributed by atoms with Gasteiger partial charge in [0, 0.05) is 24.7 Å². The minimum atomic E-state index is -1.27. The second-order valence-electron chi connectivity index (χ2n) is 7.30. The van der Waals surface area contributed by atoms with E-state index in [0.29, 0.717) is 5.69 Å². The molecule has 0 bridgehead atoms. The van der Waals surface area contributed by atoms with E-state index in [0.717, 1.165) is 0 Å². The number of carboxylic acid groups (broad SMARTS) is 1. The highest BCUT2D eigenvalue weighted by Crippen LogP contribution is 2.06. The van der Waals surface area contributed by atoms with Gasteiger partial charge in [-0.2, -0.15) is 0 Å². The van der Waals surface area contributed by atoms with Gasteiger partial charge in [-0.25, -0.2) is 4.98 Å². The van der Waals surface area contributed by atoms with Gasteiger partial charge in [0.25, 0.3) is 0 Å². The van der Waals surface area contributed by atoms with Crippen LogP contribution in [0.3, 0.4) is 0 Å². The number of nitrogens with two attached hydrogens (primary N) is 2. The molecule has 13 heteroatoms. The Hall–Kier alpha value is -3.48. The molecule has 3 unspecified atom stereocenters. The van der Waals surface area contributed by atoms with E-state index in [-0.39, 0.29) is 25.2 Å². The lowest BCUT2D eigenvalue weighted by atomic mass is 10.0. The predicted molar refractivity (Wildman–Crippen MR) is 108 cm³/mol. The number of carbonyl (C=O) groups excluding carboxylic acids is 4. The molecule has 172 valence electrons. The van der Waals surface area contributed by atoms with Crippen molar-refractivity contribution >= 4 is 29.6 Å². The number of rotatable bonds is 13. The molecule has 0 aromatic carbocycles. The van der Waals surface area contributed by atoms with Crippen LogP contribution in [0.4, 0.5) is 0 Å². The molecule has 1 aromatic heterocycles. The fraction of sp³-hybridized carbons (Fsp3) is 0.556. The summed E-state index contributed by atoms with van der Waals surface area (Å²) >= 11 is 0. The molecular formula is C18H29N7O6. The smallest absolute Gasteiger partial charge is 0.322 e. The first-order valence-corrected chi connectivity index (χ1v) is 9.62. The molecule has 0 saturated heterocycles. The Morgan fingerprint density at radius 2 is 1.81 bits per heavy atom. The van der Waals surface area contributed by atoms with Crippen molar-refractivity contribution in [1.29, 1.82) is 0 Å². The summed E-state index contributed by atoms with van der Waals surface area (Å²) in [5.74, 6) is -4.37. The first kappa shape index (κ1) is 25.6. The summed E-state index contributed by atoms with van der Waals surface area (Å²) in [7, 11) is 0. The number of aromatic nitrogens is 2. The number of amides is 4. The van der Waals surface area contributed by atoms with Gasteiger partial charge in [-0.05, 0) is 12.3 Å². The van der Waals surface area contributed by atoms with Crippen LogP contribution in [0.5, 0.6) is 0 Å². The summed E-state index contributed by atoms with van der Waals surface area (Å²) < 4.78 is 0. The number of H-pyrrole nitrogens is 1. The number of hydrogen-bond acceptors (Lipinski definition) is 7. The average molecular weight is 439 g/mol. The Kier molecular flexibility index (Phi) is 10.1. The van der Waals surface area contributed by atoms with Gasteiger partial charge in [-0.15, -0.1) is 0 Å². The van der Waals surface area contributed by atoms with Crippen molar-refractivity contribution in [3.05, 3.63) is 18.2 Å². The van der Waals surface area contributed by atoms with Gasteiger partial charge in [0.15, 0.2) is 0 Å². The summed E-state index contributed by atoms with van der Waals surface area (Å²) in [5.41, 5.74) is 11.6. The third-order valence-corrected chi connectivity index (χ3v) is 4.30. The molecular weight excluding hydrogens is 410 g/mol. The molecule has 0 saturated carbocycles. The summed E-state index contributed by atoms with van der Waals surface area (Å²) in [6.45, 7) is 2.72. The summed E-state index contributed by atoms with van der Waals surface area (Å²) in [4.78, 5) is 65.9. The van der Waals surface area contributed by atoms with Crippen LogP contribution in [-0.2, 0) is 30.4 Å². The van der Waals surface area contributed by atoms with Gasteiger partial charge in [-0.1, -0.05) is 13.8 Å². The van der Waals surface area contributed by atoms with Crippen LogP contribution in [0.2, 0.25) is 0 Å². The van der Waals surface area contributed by atoms with Crippen molar-refractivity contribution in [2.24, 2.45) is 17.4 Å². The molecule has 1 rings (SSSR count). The van der Waals surface area contributed by atoms with E-state index in [9.17, 15) is 24.0 Å². The molecule has 0 aliphatic heterocycles. The van der Waals surface area contributed by atoms with Crippen molar-refractivity contribution in [2.45, 2.75) is 51.2 Å². The summed E-state index contributed by atoms with van der Waals surface area (Å²) in [5, 5.41) is 15.9. The van der Waals surface area contributed by atoms with Gasteiger partial charge in [0.2, 0.25) is 23.6 Å². The number of hydrogen-bond donors (Lipinski definition) is 7. The van der Waals surface area contributed by atoms with E-state index < -0.39 is 54.3 Å². The van der Waals surface area contributed by atoms with Crippen LogP contribution in [0.15, 0.2) is 12.5 Å². The molecule has 0 fully saturated rings.